The highest BCUT2D eigenvalue weighted by atomic mass is 15.3. The Hall–Kier alpha value is -1.68. The lowest BCUT2D eigenvalue weighted by Gasteiger charge is -2.25. The highest BCUT2D eigenvalue weighted by Gasteiger charge is 2.37. The molecule has 4 rings (SSSR count). The van der Waals surface area contributed by atoms with Crippen molar-refractivity contribution < 1.29 is 0 Å². The Morgan fingerprint density at radius 2 is 2.00 bits per heavy atom. The molecular weight excluding hydrogens is 236 g/mol. The number of hydrogen-bond donors (Lipinski definition) is 1. The van der Waals surface area contributed by atoms with Gasteiger partial charge in [-0.1, -0.05) is 30.3 Å². The van der Waals surface area contributed by atoms with Crippen molar-refractivity contribution in [2.45, 2.75) is 31.8 Å². The summed E-state index contributed by atoms with van der Waals surface area (Å²) in [6, 6.07) is 11.0. The van der Waals surface area contributed by atoms with E-state index in [0.29, 0.717) is 6.04 Å². The van der Waals surface area contributed by atoms with Gasteiger partial charge in [0.05, 0.1) is 6.04 Å². The second-order valence-corrected chi connectivity index (χ2v) is 5.56. The molecule has 4 nitrogen and oxygen atoms in total. The molecule has 0 amide bonds. The molecule has 1 unspecified atom stereocenters. The molecule has 1 N–H and O–H groups in total. The minimum Gasteiger partial charge on any atom is -0.312 e. The Bertz CT molecular complexity index is 571. The van der Waals surface area contributed by atoms with Gasteiger partial charge in [0, 0.05) is 19.5 Å². The minimum atomic E-state index is 0.436. The summed E-state index contributed by atoms with van der Waals surface area (Å²) in [4.78, 5) is 0. The van der Waals surface area contributed by atoms with Gasteiger partial charge in [0.15, 0.2) is 5.82 Å². The van der Waals surface area contributed by atoms with Crippen molar-refractivity contribution in [2.24, 2.45) is 5.92 Å². The summed E-state index contributed by atoms with van der Waals surface area (Å²) in [6.07, 6.45) is 3.54. The van der Waals surface area contributed by atoms with Crippen LogP contribution in [0.4, 0.5) is 0 Å². The van der Waals surface area contributed by atoms with Gasteiger partial charge < -0.3 is 9.88 Å². The third kappa shape index (κ3) is 2.06. The van der Waals surface area contributed by atoms with Gasteiger partial charge in [0.1, 0.15) is 5.82 Å². The molecule has 4 heteroatoms. The van der Waals surface area contributed by atoms with Crippen molar-refractivity contribution in [3.63, 3.8) is 0 Å². The molecule has 0 saturated heterocycles. The van der Waals surface area contributed by atoms with Crippen molar-refractivity contribution in [2.75, 3.05) is 6.54 Å². The fraction of sp³-hybridized carbons (Fsp3) is 0.467. The maximum Gasteiger partial charge on any atom is 0.150 e. The predicted molar refractivity (Wildman–Crippen MR) is 72.7 cm³/mol. The Morgan fingerprint density at radius 1 is 1.16 bits per heavy atom. The second kappa shape index (κ2) is 4.46. The molecule has 2 aliphatic rings. The van der Waals surface area contributed by atoms with Gasteiger partial charge in [-0.05, 0) is 24.3 Å². The number of nitrogens with zero attached hydrogens (tertiary/aromatic N) is 3. The third-order valence-corrected chi connectivity index (χ3v) is 4.13. The van der Waals surface area contributed by atoms with E-state index < -0.39 is 0 Å². The van der Waals surface area contributed by atoms with Gasteiger partial charge in [-0.2, -0.15) is 0 Å². The molecule has 98 valence electrons. The second-order valence-electron chi connectivity index (χ2n) is 5.56. The lowest BCUT2D eigenvalue weighted by atomic mass is 10.1. The van der Waals surface area contributed by atoms with Crippen LogP contribution in [0.5, 0.6) is 0 Å². The molecule has 1 fully saturated rings. The minimum absolute atomic E-state index is 0.436. The lowest BCUT2D eigenvalue weighted by Crippen LogP contribution is -2.35. The number of nitrogens with one attached hydrogen (secondary N) is 1. The molecular formula is C15H18N4. The van der Waals surface area contributed by atoms with E-state index >= 15 is 0 Å². The topological polar surface area (TPSA) is 42.7 Å². The molecule has 1 saturated carbocycles. The van der Waals surface area contributed by atoms with E-state index in [-0.39, 0.29) is 0 Å². The molecule has 0 spiro atoms. The van der Waals surface area contributed by atoms with E-state index in [0.717, 1.165) is 37.1 Å². The van der Waals surface area contributed by atoms with E-state index in [4.69, 9.17) is 0 Å². The van der Waals surface area contributed by atoms with Crippen molar-refractivity contribution in [3.8, 4) is 0 Å². The van der Waals surface area contributed by atoms with Crippen LogP contribution in [0.15, 0.2) is 30.3 Å². The van der Waals surface area contributed by atoms with Gasteiger partial charge in [0.25, 0.3) is 0 Å². The largest absolute Gasteiger partial charge is 0.312 e. The van der Waals surface area contributed by atoms with Crippen molar-refractivity contribution in [1.82, 2.24) is 20.1 Å². The first-order valence-corrected chi connectivity index (χ1v) is 7.11. The quantitative estimate of drug-likeness (QED) is 0.910. The summed E-state index contributed by atoms with van der Waals surface area (Å²) in [5.41, 5.74) is 1.30. The van der Waals surface area contributed by atoms with Crippen LogP contribution >= 0.6 is 0 Å². The lowest BCUT2D eigenvalue weighted by molar-refractivity contribution is 0.377. The molecule has 1 atom stereocenters. The van der Waals surface area contributed by atoms with E-state index in [1.807, 2.05) is 0 Å². The standard InChI is InChI=1S/C15H18N4/c1-2-4-11(5-3-1)10-13-17-18-15-14(12-6-7-12)16-8-9-19(13)15/h1-5,12,14,16H,6-10H2. The zero-order chi connectivity index (χ0) is 12.7. The summed E-state index contributed by atoms with van der Waals surface area (Å²) >= 11 is 0. The van der Waals surface area contributed by atoms with Crippen LogP contribution < -0.4 is 5.32 Å². The number of hydrogen-bond acceptors (Lipinski definition) is 3. The first-order valence-electron chi connectivity index (χ1n) is 7.11. The zero-order valence-corrected chi connectivity index (χ0v) is 10.9. The smallest absolute Gasteiger partial charge is 0.150 e. The van der Waals surface area contributed by atoms with Crippen LogP contribution in [0.25, 0.3) is 0 Å². The molecule has 1 aliphatic heterocycles. The highest BCUT2D eigenvalue weighted by Crippen LogP contribution is 2.41. The van der Waals surface area contributed by atoms with Crippen LogP contribution in [-0.4, -0.2) is 21.3 Å². The molecule has 0 bridgehead atoms. The summed E-state index contributed by atoms with van der Waals surface area (Å²) in [5.74, 6) is 3.04. The van der Waals surface area contributed by atoms with Gasteiger partial charge in [-0.15, -0.1) is 10.2 Å². The van der Waals surface area contributed by atoms with Gasteiger partial charge in [0.2, 0.25) is 0 Å². The van der Waals surface area contributed by atoms with Gasteiger partial charge in [-0.3, -0.25) is 0 Å². The van der Waals surface area contributed by atoms with Crippen molar-refractivity contribution >= 4 is 0 Å². The summed E-state index contributed by atoms with van der Waals surface area (Å²) in [6.45, 7) is 2.03. The fourth-order valence-corrected chi connectivity index (χ4v) is 2.96. The summed E-state index contributed by atoms with van der Waals surface area (Å²) < 4.78 is 2.33. The molecule has 1 aliphatic carbocycles. The van der Waals surface area contributed by atoms with Crippen LogP contribution in [0.1, 0.15) is 36.1 Å². The Morgan fingerprint density at radius 3 is 2.79 bits per heavy atom. The predicted octanol–water partition coefficient (Wildman–Crippen LogP) is 1.92. The van der Waals surface area contributed by atoms with Crippen LogP contribution in [-0.2, 0) is 13.0 Å². The highest BCUT2D eigenvalue weighted by molar-refractivity contribution is 5.20. The number of benzene rings is 1. The molecule has 2 heterocycles. The number of aromatic nitrogens is 3. The average Bonchev–Trinajstić information content (AvgIpc) is 3.22. The average molecular weight is 254 g/mol. The van der Waals surface area contributed by atoms with Crippen molar-refractivity contribution in [3.05, 3.63) is 47.5 Å². The van der Waals surface area contributed by atoms with Crippen molar-refractivity contribution in [1.29, 1.82) is 0 Å². The molecule has 2 aromatic rings. The SMILES string of the molecule is c1ccc(Cc2nnc3n2CCNC3C2CC2)cc1. The normalized spacial score (nSPS) is 22.2. The molecule has 1 aromatic heterocycles. The fourth-order valence-electron chi connectivity index (χ4n) is 2.96. The third-order valence-electron chi connectivity index (χ3n) is 4.13. The molecule has 1 aromatic carbocycles. The molecule has 19 heavy (non-hydrogen) atoms. The van der Waals surface area contributed by atoms with E-state index in [9.17, 15) is 0 Å². The summed E-state index contributed by atoms with van der Waals surface area (Å²) in [7, 11) is 0. The van der Waals surface area contributed by atoms with Gasteiger partial charge in [-0.25, -0.2) is 0 Å². The maximum absolute atomic E-state index is 4.45. The molecule has 0 radical (unpaired) electrons. The van der Waals surface area contributed by atoms with Gasteiger partial charge >= 0.3 is 0 Å². The number of fused-ring (bicyclic) bond motifs is 1. The number of rotatable bonds is 3. The van der Waals surface area contributed by atoms with Crippen LogP contribution in [0, 0.1) is 5.92 Å². The first kappa shape index (κ1) is 11.2. The summed E-state index contributed by atoms with van der Waals surface area (Å²) in [5, 5.41) is 12.5. The van der Waals surface area contributed by atoms with Crippen LogP contribution in [0.3, 0.4) is 0 Å². The van der Waals surface area contributed by atoms with Crippen LogP contribution in [0.2, 0.25) is 0 Å². The van der Waals surface area contributed by atoms with E-state index in [2.05, 4.69) is 50.4 Å². The zero-order valence-electron chi connectivity index (χ0n) is 10.9. The van der Waals surface area contributed by atoms with E-state index in [1.54, 1.807) is 0 Å². The monoisotopic (exact) mass is 254 g/mol. The Kier molecular flexibility index (Phi) is 2.62. The Balaban J connectivity index is 1.63. The maximum atomic E-state index is 4.45. The van der Waals surface area contributed by atoms with E-state index in [1.165, 1.54) is 18.4 Å². The first-order chi connectivity index (χ1) is 9.42. The Labute approximate surface area is 112 Å².